The monoisotopic (exact) mass is 404 g/mol. The molecular formula is C27H32O3. The molecule has 4 aliphatic carbocycles. The third-order valence-corrected chi connectivity index (χ3v) is 9.08. The Hall–Kier alpha value is -2.00. The highest BCUT2D eigenvalue weighted by molar-refractivity contribution is 5.94. The maximum atomic E-state index is 12.1. The highest BCUT2D eigenvalue weighted by atomic mass is 16.3. The van der Waals surface area contributed by atoms with Crippen molar-refractivity contribution in [2.45, 2.75) is 64.4 Å². The molecule has 7 atom stereocenters. The first-order valence-corrected chi connectivity index (χ1v) is 11.5. The average molecular weight is 405 g/mol. The summed E-state index contributed by atoms with van der Waals surface area (Å²) < 4.78 is 0. The Morgan fingerprint density at radius 2 is 1.80 bits per heavy atom. The molecule has 1 aromatic rings. The minimum atomic E-state index is -0.807. The Morgan fingerprint density at radius 1 is 1.07 bits per heavy atom. The quantitative estimate of drug-likeness (QED) is 0.541. The van der Waals surface area contributed by atoms with Crippen LogP contribution < -0.4 is 0 Å². The molecule has 1 aromatic carbocycles. The first kappa shape index (κ1) is 19.9. The first-order chi connectivity index (χ1) is 14.2. The number of hydrogen-bond donors (Lipinski definition) is 1. The van der Waals surface area contributed by atoms with Gasteiger partial charge < -0.3 is 5.11 Å². The predicted octanol–water partition coefficient (Wildman–Crippen LogP) is 5.25. The third kappa shape index (κ3) is 2.81. The van der Waals surface area contributed by atoms with Crippen LogP contribution in [0.2, 0.25) is 0 Å². The highest BCUT2D eigenvalue weighted by Gasteiger charge is 2.61. The van der Waals surface area contributed by atoms with Crippen LogP contribution in [0.15, 0.2) is 48.1 Å². The van der Waals surface area contributed by atoms with Crippen LogP contribution in [-0.2, 0) is 4.79 Å². The summed E-state index contributed by atoms with van der Waals surface area (Å²) in [6, 6.07) is 8.17. The topological polar surface area (TPSA) is 54.4 Å². The molecule has 0 unspecified atom stereocenters. The van der Waals surface area contributed by atoms with Crippen LogP contribution in [0.4, 0.5) is 0 Å². The first-order valence-electron chi connectivity index (χ1n) is 11.5. The molecule has 1 N–H and O–H groups in total. The molecule has 5 rings (SSSR count). The van der Waals surface area contributed by atoms with Crippen molar-refractivity contribution in [1.29, 1.82) is 0 Å². The van der Waals surface area contributed by atoms with Crippen LogP contribution in [0.5, 0.6) is 0 Å². The molecule has 158 valence electrons. The Bertz CT molecular complexity index is 951. The van der Waals surface area contributed by atoms with Crippen molar-refractivity contribution in [2.24, 2.45) is 29.1 Å². The number of aliphatic hydroxyl groups is 1. The van der Waals surface area contributed by atoms with E-state index in [1.54, 1.807) is 6.92 Å². The second-order valence-electron chi connectivity index (χ2n) is 10.5. The molecule has 30 heavy (non-hydrogen) atoms. The minimum Gasteiger partial charge on any atom is -0.385 e. The zero-order chi connectivity index (χ0) is 21.3. The lowest BCUT2D eigenvalue weighted by molar-refractivity contribution is -0.117. The number of benzene rings is 1. The van der Waals surface area contributed by atoms with E-state index in [1.165, 1.54) is 11.1 Å². The Morgan fingerprint density at radius 3 is 2.50 bits per heavy atom. The van der Waals surface area contributed by atoms with Crippen LogP contribution >= 0.6 is 0 Å². The van der Waals surface area contributed by atoms with Crippen molar-refractivity contribution in [2.75, 3.05) is 0 Å². The van der Waals surface area contributed by atoms with Crippen LogP contribution in [0.3, 0.4) is 0 Å². The standard InChI is InChI=1S/C27H32O3/c1-16(28)17-4-6-18(7-5-17)23-15-26(2)24(12-13-27(26,3)30)22-10-8-19-14-20(29)9-11-21(19)25(22)23/h4-7,12-14,21-25,30H,8-11,15H2,1-3H3/t21-,22-,23+,24+,25+,26-,27+/m0/s1. The summed E-state index contributed by atoms with van der Waals surface area (Å²) in [6.07, 6.45) is 10.9. The molecule has 0 heterocycles. The van der Waals surface area contributed by atoms with Crippen molar-refractivity contribution in [3.8, 4) is 0 Å². The van der Waals surface area contributed by atoms with Crippen LogP contribution in [0, 0.1) is 29.1 Å². The molecule has 0 radical (unpaired) electrons. The maximum Gasteiger partial charge on any atom is 0.159 e. The number of hydrogen-bond acceptors (Lipinski definition) is 3. The van der Waals surface area contributed by atoms with Gasteiger partial charge in [0.15, 0.2) is 11.6 Å². The van der Waals surface area contributed by atoms with E-state index in [2.05, 4.69) is 25.1 Å². The van der Waals surface area contributed by atoms with Crippen molar-refractivity contribution in [3.63, 3.8) is 0 Å². The molecule has 0 saturated heterocycles. The fourth-order valence-electron chi connectivity index (χ4n) is 7.28. The Labute approximate surface area is 179 Å². The maximum absolute atomic E-state index is 12.1. The van der Waals surface area contributed by atoms with E-state index < -0.39 is 5.60 Å². The number of carbonyl (C=O) groups excluding carboxylic acids is 2. The fraction of sp³-hybridized carbons (Fsp3) is 0.556. The Balaban J connectivity index is 1.60. The molecule has 2 fully saturated rings. The van der Waals surface area contributed by atoms with E-state index >= 15 is 0 Å². The van der Waals surface area contributed by atoms with Crippen LogP contribution in [-0.4, -0.2) is 22.3 Å². The minimum absolute atomic E-state index is 0.0895. The van der Waals surface area contributed by atoms with Crippen molar-refractivity contribution in [1.82, 2.24) is 0 Å². The second-order valence-corrected chi connectivity index (χ2v) is 10.5. The molecule has 0 bridgehead atoms. The lowest BCUT2D eigenvalue weighted by Gasteiger charge is -2.58. The molecule has 3 heteroatoms. The van der Waals surface area contributed by atoms with Gasteiger partial charge in [0.05, 0.1) is 5.60 Å². The normalized spacial score (nSPS) is 42.2. The zero-order valence-corrected chi connectivity index (χ0v) is 18.2. The van der Waals surface area contributed by atoms with Crippen molar-refractivity contribution in [3.05, 3.63) is 59.2 Å². The van der Waals surface area contributed by atoms with E-state index in [0.717, 1.165) is 31.2 Å². The molecule has 4 aliphatic rings. The number of Topliss-reactive ketones (excluding diaryl/α,β-unsaturated/α-hetero) is 1. The smallest absolute Gasteiger partial charge is 0.159 e. The van der Waals surface area contributed by atoms with E-state index in [-0.39, 0.29) is 17.0 Å². The van der Waals surface area contributed by atoms with Gasteiger partial charge in [-0.05, 0) is 80.8 Å². The third-order valence-electron chi connectivity index (χ3n) is 9.08. The summed E-state index contributed by atoms with van der Waals surface area (Å²) in [7, 11) is 0. The van der Waals surface area contributed by atoms with Gasteiger partial charge in [0.2, 0.25) is 0 Å². The van der Waals surface area contributed by atoms with Gasteiger partial charge in [-0.2, -0.15) is 0 Å². The molecule has 0 aliphatic heterocycles. The van der Waals surface area contributed by atoms with Gasteiger partial charge in [0, 0.05) is 17.4 Å². The molecule has 0 amide bonds. The van der Waals surface area contributed by atoms with Gasteiger partial charge >= 0.3 is 0 Å². The van der Waals surface area contributed by atoms with E-state index in [1.807, 2.05) is 31.2 Å². The van der Waals surface area contributed by atoms with Gasteiger partial charge in [-0.1, -0.05) is 48.9 Å². The SMILES string of the molecule is CC(=O)c1ccc([C@H]2C[C@@]3(C)[C@H](C=C[C@@]3(C)O)[C@@H]3CCC4=CC(=O)CC[C@@H]4[C@H]32)cc1. The largest absolute Gasteiger partial charge is 0.385 e. The van der Waals surface area contributed by atoms with E-state index in [9.17, 15) is 14.7 Å². The molecule has 3 nitrogen and oxygen atoms in total. The number of carbonyl (C=O) groups is 2. The number of ketones is 2. The van der Waals surface area contributed by atoms with Gasteiger partial charge in [-0.15, -0.1) is 0 Å². The molecular weight excluding hydrogens is 372 g/mol. The summed E-state index contributed by atoms with van der Waals surface area (Å²) in [5.41, 5.74) is 2.38. The molecule has 0 aromatic heterocycles. The summed E-state index contributed by atoms with van der Waals surface area (Å²) in [4.78, 5) is 23.9. The lowest BCUT2D eigenvalue weighted by Crippen LogP contribution is -2.54. The van der Waals surface area contributed by atoms with E-state index in [0.29, 0.717) is 36.0 Å². The fourth-order valence-corrected chi connectivity index (χ4v) is 7.28. The molecule has 0 spiro atoms. The lowest BCUT2D eigenvalue weighted by atomic mass is 9.46. The molecule has 2 saturated carbocycles. The number of rotatable bonds is 2. The number of fused-ring (bicyclic) bond motifs is 5. The predicted molar refractivity (Wildman–Crippen MR) is 117 cm³/mol. The Kier molecular flexibility index (Phi) is 4.49. The van der Waals surface area contributed by atoms with Crippen LogP contribution in [0.1, 0.15) is 74.7 Å². The summed E-state index contributed by atoms with van der Waals surface area (Å²) >= 11 is 0. The van der Waals surface area contributed by atoms with Gasteiger partial charge in [0.25, 0.3) is 0 Å². The summed E-state index contributed by atoms with van der Waals surface area (Å²) in [5.74, 6) is 2.54. The summed E-state index contributed by atoms with van der Waals surface area (Å²) in [6.45, 7) is 5.84. The van der Waals surface area contributed by atoms with Gasteiger partial charge in [0.1, 0.15) is 0 Å². The summed E-state index contributed by atoms with van der Waals surface area (Å²) in [5, 5.41) is 11.3. The van der Waals surface area contributed by atoms with Crippen molar-refractivity contribution >= 4 is 11.6 Å². The van der Waals surface area contributed by atoms with Gasteiger partial charge in [-0.25, -0.2) is 0 Å². The highest BCUT2D eigenvalue weighted by Crippen LogP contribution is 2.66. The van der Waals surface area contributed by atoms with Crippen molar-refractivity contribution < 1.29 is 14.7 Å². The van der Waals surface area contributed by atoms with E-state index in [4.69, 9.17) is 0 Å². The second kappa shape index (κ2) is 6.75. The zero-order valence-electron chi connectivity index (χ0n) is 18.2. The van der Waals surface area contributed by atoms with Crippen LogP contribution in [0.25, 0.3) is 0 Å². The van der Waals surface area contributed by atoms with Gasteiger partial charge in [-0.3, -0.25) is 9.59 Å². The number of allylic oxidation sites excluding steroid dienone is 3. The average Bonchev–Trinajstić information content (AvgIpc) is 2.96.